The van der Waals surface area contributed by atoms with Crippen molar-refractivity contribution in [1.82, 2.24) is 9.78 Å². The van der Waals surface area contributed by atoms with Crippen LogP contribution in [0.4, 0.5) is 13.2 Å². The third-order valence-corrected chi connectivity index (χ3v) is 3.95. The molecule has 0 saturated heterocycles. The van der Waals surface area contributed by atoms with Gasteiger partial charge in [0.2, 0.25) is 0 Å². The maximum absolute atomic E-state index is 12.9. The van der Waals surface area contributed by atoms with Crippen LogP contribution in [0, 0.1) is 0 Å². The van der Waals surface area contributed by atoms with Crippen LogP contribution in [0.2, 0.25) is 5.02 Å². The van der Waals surface area contributed by atoms with Gasteiger partial charge in [0.25, 0.3) is 0 Å². The van der Waals surface area contributed by atoms with Crippen molar-refractivity contribution < 1.29 is 18.4 Å². The van der Waals surface area contributed by atoms with Crippen LogP contribution in [0.5, 0.6) is 0 Å². The Morgan fingerprint density at radius 2 is 1.95 bits per heavy atom. The monoisotopic (exact) mass is 335 g/mol. The van der Waals surface area contributed by atoms with Crippen molar-refractivity contribution in [3.05, 3.63) is 40.5 Å². The molecule has 1 heterocycles. The van der Waals surface area contributed by atoms with Crippen molar-refractivity contribution >= 4 is 29.6 Å². The zero-order chi connectivity index (χ0) is 15.6. The van der Waals surface area contributed by atoms with Gasteiger partial charge >= 0.3 is 6.18 Å². The number of rotatable bonds is 3. The minimum absolute atomic E-state index is 0.211. The van der Waals surface area contributed by atoms with E-state index >= 15 is 0 Å². The van der Waals surface area contributed by atoms with Crippen molar-refractivity contribution in [2.24, 2.45) is 12.2 Å². The highest BCUT2D eigenvalue weighted by atomic mass is 35.5. The highest BCUT2D eigenvalue weighted by Gasteiger charge is 2.38. The minimum Gasteiger partial charge on any atom is -0.411 e. The molecular formula is C12H9ClF3N3OS. The molecule has 2 rings (SSSR count). The summed E-state index contributed by atoms with van der Waals surface area (Å²) in [5, 5.41) is 15.5. The van der Waals surface area contributed by atoms with E-state index in [1.54, 1.807) is 24.3 Å². The van der Waals surface area contributed by atoms with Gasteiger partial charge in [-0.25, -0.2) is 0 Å². The zero-order valence-corrected chi connectivity index (χ0v) is 12.2. The summed E-state index contributed by atoms with van der Waals surface area (Å²) in [6, 6.07) is 6.61. The maximum Gasteiger partial charge on any atom is 0.435 e. The molecule has 0 fully saturated rings. The fourth-order valence-corrected chi connectivity index (χ4v) is 2.70. The quantitative estimate of drug-likeness (QED) is 0.523. The van der Waals surface area contributed by atoms with Crippen molar-refractivity contribution in [3.63, 3.8) is 0 Å². The van der Waals surface area contributed by atoms with Gasteiger partial charge in [0.1, 0.15) is 5.03 Å². The lowest BCUT2D eigenvalue weighted by molar-refractivity contribution is -0.141. The second-order valence-corrected chi connectivity index (χ2v) is 5.49. The van der Waals surface area contributed by atoms with E-state index < -0.39 is 11.9 Å². The number of aryl methyl sites for hydroxylation is 1. The fraction of sp³-hybridized carbons (Fsp3) is 0.167. The van der Waals surface area contributed by atoms with E-state index in [2.05, 4.69) is 10.3 Å². The standard InChI is InChI=1S/C12H9ClF3N3OS/c1-19-11(21-8-4-2-7(13)3-5-8)9(6-17-20)10(18-19)12(14,15)16/h2-6,20H,1H3/b17-6+. The number of halogens is 4. The van der Waals surface area contributed by atoms with Crippen LogP contribution in [0.3, 0.4) is 0 Å². The molecule has 0 unspecified atom stereocenters. The molecule has 0 aliphatic heterocycles. The number of hydrogen-bond acceptors (Lipinski definition) is 4. The summed E-state index contributed by atoms with van der Waals surface area (Å²) < 4.78 is 39.8. The van der Waals surface area contributed by atoms with Crippen molar-refractivity contribution in [1.29, 1.82) is 0 Å². The lowest BCUT2D eigenvalue weighted by atomic mass is 10.2. The number of alkyl halides is 3. The lowest BCUT2D eigenvalue weighted by Gasteiger charge is -2.04. The molecule has 0 amide bonds. The Bertz CT molecular complexity index is 668. The Morgan fingerprint density at radius 3 is 2.48 bits per heavy atom. The second-order valence-electron chi connectivity index (χ2n) is 3.99. The van der Waals surface area contributed by atoms with Crippen molar-refractivity contribution in [3.8, 4) is 0 Å². The van der Waals surface area contributed by atoms with E-state index in [9.17, 15) is 13.2 Å². The molecule has 0 bridgehead atoms. The van der Waals surface area contributed by atoms with E-state index in [-0.39, 0.29) is 10.6 Å². The molecule has 0 atom stereocenters. The highest BCUT2D eigenvalue weighted by Crippen LogP contribution is 2.37. The molecular weight excluding hydrogens is 327 g/mol. The van der Waals surface area contributed by atoms with Gasteiger partial charge in [-0.2, -0.15) is 18.3 Å². The molecule has 2 aromatic rings. The molecule has 0 aliphatic rings. The third kappa shape index (κ3) is 3.51. The summed E-state index contributed by atoms with van der Waals surface area (Å²) in [6.07, 6.45) is -3.90. The average molecular weight is 336 g/mol. The van der Waals surface area contributed by atoms with Gasteiger partial charge in [0, 0.05) is 17.0 Å². The number of hydrogen-bond donors (Lipinski definition) is 1. The van der Waals surface area contributed by atoms with Crippen LogP contribution >= 0.6 is 23.4 Å². The molecule has 1 aromatic heterocycles. The van der Waals surface area contributed by atoms with Gasteiger partial charge in [-0.15, -0.1) is 0 Å². The van der Waals surface area contributed by atoms with E-state index in [0.717, 1.165) is 22.7 Å². The molecule has 21 heavy (non-hydrogen) atoms. The molecule has 0 radical (unpaired) electrons. The van der Waals surface area contributed by atoms with Crippen molar-refractivity contribution in [2.75, 3.05) is 0 Å². The van der Waals surface area contributed by atoms with Crippen LogP contribution in [0.15, 0.2) is 39.3 Å². The summed E-state index contributed by atoms with van der Waals surface area (Å²) in [4.78, 5) is 0.684. The van der Waals surface area contributed by atoms with Crippen LogP contribution < -0.4 is 0 Å². The molecule has 0 spiro atoms. The third-order valence-electron chi connectivity index (χ3n) is 2.51. The molecule has 1 aromatic carbocycles. The Labute approximate surface area is 127 Å². The Kier molecular flexibility index (Phi) is 4.48. The Balaban J connectivity index is 2.47. The first-order valence-corrected chi connectivity index (χ1v) is 6.77. The predicted molar refractivity (Wildman–Crippen MR) is 73.2 cm³/mol. The maximum atomic E-state index is 12.9. The molecule has 0 saturated carbocycles. The van der Waals surface area contributed by atoms with Gasteiger partial charge in [-0.1, -0.05) is 28.5 Å². The minimum atomic E-state index is -4.63. The molecule has 4 nitrogen and oxygen atoms in total. The van der Waals surface area contributed by atoms with E-state index in [0.29, 0.717) is 9.92 Å². The second kappa shape index (κ2) is 5.98. The van der Waals surface area contributed by atoms with Crippen LogP contribution in [0.1, 0.15) is 11.3 Å². The first-order chi connectivity index (χ1) is 9.82. The van der Waals surface area contributed by atoms with Crippen LogP contribution in [0.25, 0.3) is 0 Å². The topological polar surface area (TPSA) is 50.4 Å². The Hall–Kier alpha value is -1.67. The highest BCUT2D eigenvalue weighted by molar-refractivity contribution is 7.99. The average Bonchev–Trinajstić information content (AvgIpc) is 2.70. The summed E-state index contributed by atoms with van der Waals surface area (Å²) in [6.45, 7) is 0. The van der Waals surface area contributed by atoms with E-state index in [1.807, 2.05) is 0 Å². The number of oxime groups is 1. The van der Waals surface area contributed by atoms with Gasteiger partial charge in [-0.05, 0) is 24.3 Å². The van der Waals surface area contributed by atoms with Gasteiger partial charge < -0.3 is 5.21 Å². The molecule has 9 heteroatoms. The summed E-state index contributed by atoms with van der Waals surface area (Å²) >= 11 is 6.83. The number of aromatic nitrogens is 2. The van der Waals surface area contributed by atoms with Crippen molar-refractivity contribution in [2.45, 2.75) is 16.1 Å². The molecule has 112 valence electrons. The fourth-order valence-electron chi connectivity index (χ4n) is 1.64. The first-order valence-electron chi connectivity index (χ1n) is 5.58. The number of nitrogens with zero attached hydrogens (tertiary/aromatic N) is 3. The lowest BCUT2D eigenvalue weighted by Crippen LogP contribution is -2.09. The van der Waals surface area contributed by atoms with Crippen LogP contribution in [-0.2, 0) is 13.2 Å². The smallest absolute Gasteiger partial charge is 0.411 e. The summed E-state index contributed by atoms with van der Waals surface area (Å²) in [7, 11) is 1.39. The van der Waals surface area contributed by atoms with E-state index in [1.165, 1.54) is 7.05 Å². The summed E-state index contributed by atoms with van der Waals surface area (Å²) in [5.74, 6) is 0. The van der Waals surface area contributed by atoms with Gasteiger partial charge in [0.15, 0.2) is 5.69 Å². The summed E-state index contributed by atoms with van der Waals surface area (Å²) in [5.41, 5.74) is -1.38. The van der Waals surface area contributed by atoms with Gasteiger partial charge in [0.05, 0.1) is 11.8 Å². The Morgan fingerprint density at radius 1 is 1.33 bits per heavy atom. The molecule has 0 aliphatic carbocycles. The number of benzene rings is 1. The zero-order valence-electron chi connectivity index (χ0n) is 10.6. The van der Waals surface area contributed by atoms with Gasteiger partial charge in [-0.3, -0.25) is 4.68 Å². The predicted octanol–water partition coefficient (Wildman–Crippen LogP) is 4.05. The normalized spacial score (nSPS) is 12.2. The van der Waals surface area contributed by atoms with Crippen LogP contribution in [-0.4, -0.2) is 21.2 Å². The largest absolute Gasteiger partial charge is 0.435 e. The van der Waals surface area contributed by atoms with E-state index in [4.69, 9.17) is 16.8 Å². The molecule has 1 N–H and O–H groups in total. The first kappa shape index (κ1) is 15.7. The SMILES string of the molecule is Cn1nc(C(F)(F)F)c(/C=N/O)c1Sc1ccc(Cl)cc1.